The first-order valence-corrected chi connectivity index (χ1v) is 5.48. The summed E-state index contributed by atoms with van der Waals surface area (Å²) in [4.78, 5) is 6.32. The lowest BCUT2D eigenvalue weighted by molar-refractivity contribution is 0.389. The summed E-state index contributed by atoms with van der Waals surface area (Å²) in [7, 11) is 4.20. The van der Waals surface area contributed by atoms with Gasteiger partial charge in [-0.25, -0.2) is 0 Å². The Kier molecular flexibility index (Phi) is 5.29. The van der Waals surface area contributed by atoms with Crippen LogP contribution in [-0.2, 0) is 0 Å². The van der Waals surface area contributed by atoms with Crippen LogP contribution < -0.4 is 5.32 Å². The van der Waals surface area contributed by atoms with Crippen molar-refractivity contribution in [2.45, 2.75) is 19.4 Å². The number of hydrogen-bond donors (Lipinski definition) is 1. The van der Waals surface area contributed by atoms with E-state index >= 15 is 0 Å². The highest BCUT2D eigenvalue weighted by molar-refractivity contribution is 5.12. The summed E-state index contributed by atoms with van der Waals surface area (Å²) < 4.78 is 0. The van der Waals surface area contributed by atoms with E-state index in [2.05, 4.69) is 42.3 Å². The molecule has 0 aromatic carbocycles. The Labute approximate surface area is 92.5 Å². The topological polar surface area (TPSA) is 28.2 Å². The van der Waals surface area contributed by atoms with Crippen LogP contribution in [0.3, 0.4) is 0 Å². The van der Waals surface area contributed by atoms with Gasteiger partial charge in [0.15, 0.2) is 0 Å². The minimum atomic E-state index is 0.390. The zero-order valence-corrected chi connectivity index (χ0v) is 9.90. The average Bonchev–Trinajstić information content (AvgIpc) is 2.25. The van der Waals surface area contributed by atoms with Gasteiger partial charge >= 0.3 is 0 Å². The van der Waals surface area contributed by atoms with Crippen molar-refractivity contribution in [3.8, 4) is 0 Å². The Hall–Kier alpha value is -0.930. The lowest BCUT2D eigenvalue weighted by Crippen LogP contribution is -2.23. The molecule has 0 spiro atoms. The monoisotopic (exact) mass is 207 g/mol. The first-order chi connectivity index (χ1) is 7.20. The lowest BCUT2D eigenvalue weighted by Gasteiger charge is -2.15. The first-order valence-electron chi connectivity index (χ1n) is 5.48. The van der Waals surface area contributed by atoms with E-state index in [-0.39, 0.29) is 0 Å². The number of nitrogens with one attached hydrogen (secondary N) is 1. The molecule has 84 valence electrons. The molecule has 1 aromatic rings. The van der Waals surface area contributed by atoms with Gasteiger partial charge in [-0.3, -0.25) is 4.98 Å². The molecule has 0 bridgehead atoms. The van der Waals surface area contributed by atoms with Crippen LogP contribution in [0.5, 0.6) is 0 Å². The van der Waals surface area contributed by atoms with E-state index in [1.165, 1.54) is 12.0 Å². The van der Waals surface area contributed by atoms with Crippen molar-refractivity contribution >= 4 is 0 Å². The van der Waals surface area contributed by atoms with E-state index in [0.29, 0.717) is 6.04 Å². The van der Waals surface area contributed by atoms with Crippen LogP contribution in [0.2, 0.25) is 0 Å². The van der Waals surface area contributed by atoms with Gasteiger partial charge in [0.1, 0.15) is 0 Å². The molecular weight excluding hydrogens is 186 g/mol. The van der Waals surface area contributed by atoms with E-state index in [9.17, 15) is 0 Å². The summed E-state index contributed by atoms with van der Waals surface area (Å²) in [5, 5.41) is 3.49. The number of nitrogens with zero attached hydrogens (tertiary/aromatic N) is 2. The molecule has 0 aliphatic heterocycles. The van der Waals surface area contributed by atoms with Crippen LogP contribution in [0.1, 0.15) is 24.9 Å². The molecule has 0 fully saturated rings. The van der Waals surface area contributed by atoms with Gasteiger partial charge in [-0.2, -0.15) is 0 Å². The molecule has 0 aliphatic rings. The molecule has 3 heteroatoms. The largest absolute Gasteiger partial charge is 0.310 e. The molecule has 0 radical (unpaired) electrons. The highest BCUT2D eigenvalue weighted by atomic mass is 15.1. The van der Waals surface area contributed by atoms with Gasteiger partial charge in [-0.05, 0) is 52.2 Å². The molecule has 15 heavy (non-hydrogen) atoms. The Morgan fingerprint density at radius 1 is 1.47 bits per heavy atom. The molecule has 0 unspecified atom stereocenters. The smallest absolute Gasteiger partial charge is 0.0315 e. The van der Waals surface area contributed by atoms with Crippen LogP contribution in [0.25, 0.3) is 0 Å². The fourth-order valence-electron chi connectivity index (χ4n) is 1.46. The fourth-order valence-corrected chi connectivity index (χ4v) is 1.46. The molecule has 1 atom stereocenters. The molecule has 1 rings (SSSR count). The van der Waals surface area contributed by atoms with Crippen molar-refractivity contribution < 1.29 is 0 Å². The van der Waals surface area contributed by atoms with E-state index in [0.717, 1.165) is 13.1 Å². The summed E-state index contributed by atoms with van der Waals surface area (Å²) in [6.07, 6.45) is 4.91. The Balaban J connectivity index is 2.22. The molecule has 3 nitrogen and oxygen atoms in total. The standard InChI is InChI=1S/C12H21N3/c1-11(12-6-4-7-13-10-12)14-8-5-9-15(2)3/h4,6-7,10-11,14H,5,8-9H2,1-3H3/t11-/m1/s1. The first kappa shape index (κ1) is 12.1. The van der Waals surface area contributed by atoms with Crippen LogP contribution in [0, 0.1) is 0 Å². The second-order valence-corrected chi connectivity index (χ2v) is 4.12. The quantitative estimate of drug-likeness (QED) is 0.719. The highest BCUT2D eigenvalue weighted by Crippen LogP contribution is 2.09. The van der Waals surface area contributed by atoms with Crippen molar-refractivity contribution in [1.29, 1.82) is 0 Å². The molecule has 0 aliphatic carbocycles. The summed E-state index contributed by atoms with van der Waals surface area (Å²) in [5.41, 5.74) is 1.25. The Morgan fingerprint density at radius 3 is 2.87 bits per heavy atom. The van der Waals surface area contributed by atoms with E-state index < -0.39 is 0 Å². The zero-order valence-electron chi connectivity index (χ0n) is 9.90. The van der Waals surface area contributed by atoms with Crippen molar-refractivity contribution in [1.82, 2.24) is 15.2 Å². The minimum Gasteiger partial charge on any atom is -0.310 e. The van der Waals surface area contributed by atoms with E-state index in [1.54, 1.807) is 0 Å². The lowest BCUT2D eigenvalue weighted by atomic mass is 10.1. The maximum atomic E-state index is 4.11. The maximum absolute atomic E-state index is 4.11. The van der Waals surface area contributed by atoms with E-state index in [1.807, 2.05) is 18.5 Å². The summed E-state index contributed by atoms with van der Waals surface area (Å²) >= 11 is 0. The van der Waals surface area contributed by atoms with Gasteiger partial charge in [0.2, 0.25) is 0 Å². The molecule has 0 amide bonds. The van der Waals surface area contributed by atoms with Crippen LogP contribution >= 0.6 is 0 Å². The molecule has 0 saturated heterocycles. The number of rotatable bonds is 6. The average molecular weight is 207 g/mol. The summed E-state index contributed by atoms with van der Waals surface area (Å²) in [6.45, 7) is 4.35. The third-order valence-electron chi connectivity index (χ3n) is 2.42. The van der Waals surface area contributed by atoms with Crippen molar-refractivity contribution in [2.75, 3.05) is 27.2 Å². The fraction of sp³-hybridized carbons (Fsp3) is 0.583. The second-order valence-electron chi connectivity index (χ2n) is 4.12. The van der Waals surface area contributed by atoms with Gasteiger partial charge < -0.3 is 10.2 Å². The third kappa shape index (κ3) is 4.91. The molecule has 0 saturated carbocycles. The van der Waals surface area contributed by atoms with Crippen molar-refractivity contribution in [2.24, 2.45) is 0 Å². The molecule has 1 aromatic heterocycles. The summed E-state index contributed by atoms with van der Waals surface area (Å²) in [6, 6.07) is 4.48. The predicted octanol–water partition coefficient (Wildman–Crippen LogP) is 1.68. The van der Waals surface area contributed by atoms with Crippen LogP contribution in [-0.4, -0.2) is 37.1 Å². The van der Waals surface area contributed by atoms with Gasteiger partial charge in [0.25, 0.3) is 0 Å². The van der Waals surface area contributed by atoms with Crippen molar-refractivity contribution in [3.05, 3.63) is 30.1 Å². The molecule has 1 heterocycles. The third-order valence-corrected chi connectivity index (χ3v) is 2.42. The number of pyridine rings is 1. The summed E-state index contributed by atoms with van der Waals surface area (Å²) in [5.74, 6) is 0. The van der Waals surface area contributed by atoms with Gasteiger partial charge in [-0.15, -0.1) is 0 Å². The van der Waals surface area contributed by atoms with Crippen LogP contribution in [0.4, 0.5) is 0 Å². The van der Waals surface area contributed by atoms with Gasteiger partial charge in [0.05, 0.1) is 0 Å². The Morgan fingerprint density at radius 2 is 2.27 bits per heavy atom. The Bertz CT molecular complexity index is 259. The van der Waals surface area contributed by atoms with Gasteiger partial charge in [0, 0.05) is 18.4 Å². The van der Waals surface area contributed by atoms with Crippen molar-refractivity contribution in [3.63, 3.8) is 0 Å². The molecular formula is C12H21N3. The zero-order chi connectivity index (χ0) is 11.1. The number of aromatic nitrogens is 1. The minimum absolute atomic E-state index is 0.390. The van der Waals surface area contributed by atoms with E-state index in [4.69, 9.17) is 0 Å². The highest BCUT2D eigenvalue weighted by Gasteiger charge is 2.03. The van der Waals surface area contributed by atoms with Gasteiger partial charge in [-0.1, -0.05) is 6.07 Å². The SMILES string of the molecule is C[C@@H](NCCCN(C)C)c1cccnc1. The number of hydrogen-bond acceptors (Lipinski definition) is 3. The predicted molar refractivity (Wildman–Crippen MR) is 63.8 cm³/mol. The van der Waals surface area contributed by atoms with Crippen LogP contribution in [0.15, 0.2) is 24.5 Å². The molecule has 1 N–H and O–H groups in total. The maximum Gasteiger partial charge on any atom is 0.0315 e. The normalized spacial score (nSPS) is 13.1. The second kappa shape index (κ2) is 6.53.